The van der Waals surface area contributed by atoms with Crippen LogP contribution in [0.5, 0.6) is 0 Å². The van der Waals surface area contributed by atoms with Gasteiger partial charge in [0.1, 0.15) is 5.70 Å². The van der Waals surface area contributed by atoms with Crippen LogP contribution in [0.25, 0.3) is 5.57 Å². The van der Waals surface area contributed by atoms with Crippen molar-refractivity contribution in [2.24, 2.45) is 5.73 Å². The van der Waals surface area contributed by atoms with Gasteiger partial charge in [0.2, 0.25) is 0 Å². The Morgan fingerprint density at radius 1 is 1.50 bits per heavy atom. The highest BCUT2D eigenvalue weighted by molar-refractivity contribution is 5.99. The van der Waals surface area contributed by atoms with Gasteiger partial charge in [0, 0.05) is 5.57 Å². The monoisotopic (exact) mass is 241 g/mol. The van der Waals surface area contributed by atoms with Crippen LogP contribution in [-0.4, -0.2) is 17.2 Å². The summed E-state index contributed by atoms with van der Waals surface area (Å²) >= 11 is 0. The van der Waals surface area contributed by atoms with Gasteiger partial charge < -0.3 is 16.2 Å². The molecule has 1 unspecified atom stereocenters. The average Bonchev–Trinajstić information content (AvgIpc) is 2.38. The zero-order valence-corrected chi connectivity index (χ0v) is 9.42. The molecule has 5 nitrogen and oxygen atoms in total. The van der Waals surface area contributed by atoms with Crippen LogP contribution in [0, 0.1) is 11.3 Å². The minimum atomic E-state index is -1.08. The second kappa shape index (κ2) is 4.73. The molecule has 0 bridgehead atoms. The molecule has 0 radical (unpaired) electrons. The van der Waals surface area contributed by atoms with Crippen LogP contribution in [0.1, 0.15) is 11.1 Å². The molecule has 2 rings (SSSR count). The predicted molar refractivity (Wildman–Crippen MR) is 66.0 cm³/mol. The van der Waals surface area contributed by atoms with Crippen LogP contribution in [0.15, 0.2) is 42.1 Å². The van der Waals surface area contributed by atoms with Crippen LogP contribution >= 0.6 is 0 Å². The highest BCUT2D eigenvalue weighted by atomic mass is 16.4. The minimum absolute atomic E-state index is 0.0417. The maximum absolute atomic E-state index is 11.2. The van der Waals surface area contributed by atoms with E-state index in [1.54, 1.807) is 36.4 Å². The Balaban J connectivity index is 2.53. The summed E-state index contributed by atoms with van der Waals surface area (Å²) in [5, 5.41) is 20.7. The Kier molecular flexibility index (Phi) is 3.13. The molecule has 1 aliphatic rings. The molecular weight excluding hydrogens is 230 g/mol. The summed E-state index contributed by atoms with van der Waals surface area (Å²) in [4.78, 5) is 11.2. The third-order valence-corrected chi connectivity index (χ3v) is 2.57. The molecule has 1 aromatic carbocycles. The van der Waals surface area contributed by atoms with Gasteiger partial charge in [-0.15, -0.1) is 0 Å². The van der Waals surface area contributed by atoms with Crippen molar-refractivity contribution >= 4 is 11.5 Å². The standard InChI is InChI=1S/C13H11N3O2/c14-7-8-2-1-3-9(6-8)10-4-5-11(15)16-12(10)13(17)18/h1-6,11,16H,15H2,(H,17,18). The van der Waals surface area contributed by atoms with Crippen LogP contribution in [0.2, 0.25) is 0 Å². The first kappa shape index (κ1) is 11.9. The molecule has 0 aliphatic carbocycles. The van der Waals surface area contributed by atoms with E-state index < -0.39 is 12.1 Å². The zero-order chi connectivity index (χ0) is 13.1. The van der Waals surface area contributed by atoms with E-state index in [2.05, 4.69) is 5.32 Å². The molecule has 0 saturated heterocycles. The second-order valence-corrected chi connectivity index (χ2v) is 3.82. The van der Waals surface area contributed by atoms with E-state index in [1.807, 2.05) is 6.07 Å². The maximum atomic E-state index is 11.2. The van der Waals surface area contributed by atoms with Gasteiger partial charge in [-0.25, -0.2) is 4.79 Å². The molecule has 90 valence electrons. The number of nitrogens with zero attached hydrogens (tertiary/aromatic N) is 1. The quantitative estimate of drug-likeness (QED) is 0.711. The average molecular weight is 241 g/mol. The van der Waals surface area contributed by atoms with E-state index >= 15 is 0 Å². The van der Waals surface area contributed by atoms with Gasteiger partial charge in [0.15, 0.2) is 0 Å². The minimum Gasteiger partial charge on any atom is -0.477 e. The van der Waals surface area contributed by atoms with Gasteiger partial charge >= 0.3 is 5.97 Å². The first-order valence-electron chi connectivity index (χ1n) is 5.30. The number of carbonyl (C=O) groups is 1. The van der Waals surface area contributed by atoms with Gasteiger partial charge in [0.05, 0.1) is 17.8 Å². The van der Waals surface area contributed by atoms with E-state index in [-0.39, 0.29) is 5.70 Å². The summed E-state index contributed by atoms with van der Waals surface area (Å²) in [6.45, 7) is 0. The Labute approximate surface area is 104 Å². The van der Waals surface area contributed by atoms with Crippen molar-refractivity contribution in [1.82, 2.24) is 5.32 Å². The third-order valence-electron chi connectivity index (χ3n) is 2.57. The molecule has 18 heavy (non-hydrogen) atoms. The summed E-state index contributed by atoms with van der Waals surface area (Å²) in [6, 6.07) is 8.79. The fourth-order valence-electron chi connectivity index (χ4n) is 1.75. The number of carboxylic acid groups (broad SMARTS) is 1. The van der Waals surface area contributed by atoms with Gasteiger partial charge in [-0.3, -0.25) is 0 Å². The number of hydrogen-bond acceptors (Lipinski definition) is 4. The molecule has 1 atom stereocenters. The molecule has 1 heterocycles. The van der Waals surface area contributed by atoms with E-state index in [0.717, 1.165) is 0 Å². The molecule has 0 fully saturated rings. The molecule has 0 amide bonds. The Morgan fingerprint density at radius 3 is 2.94 bits per heavy atom. The van der Waals surface area contributed by atoms with E-state index in [4.69, 9.17) is 16.1 Å². The molecular formula is C13H11N3O2. The molecule has 1 aliphatic heterocycles. The summed E-state index contributed by atoms with van der Waals surface area (Å²) in [5.74, 6) is -1.08. The van der Waals surface area contributed by atoms with Gasteiger partial charge in [0.25, 0.3) is 0 Å². The lowest BCUT2D eigenvalue weighted by atomic mass is 9.98. The number of hydrogen-bond donors (Lipinski definition) is 3. The van der Waals surface area contributed by atoms with E-state index in [0.29, 0.717) is 16.7 Å². The number of benzene rings is 1. The van der Waals surface area contributed by atoms with E-state index in [1.165, 1.54) is 0 Å². The van der Waals surface area contributed by atoms with Crippen molar-refractivity contribution in [3.05, 3.63) is 53.2 Å². The molecule has 4 N–H and O–H groups in total. The zero-order valence-electron chi connectivity index (χ0n) is 9.42. The van der Waals surface area contributed by atoms with Crippen molar-refractivity contribution in [3.8, 4) is 6.07 Å². The summed E-state index contributed by atoms with van der Waals surface area (Å²) in [5.41, 5.74) is 7.32. The lowest BCUT2D eigenvalue weighted by molar-refractivity contribution is -0.133. The van der Waals surface area contributed by atoms with Crippen LogP contribution < -0.4 is 11.1 Å². The Bertz CT molecular complexity index is 596. The second-order valence-electron chi connectivity index (χ2n) is 3.82. The lowest BCUT2D eigenvalue weighted by Gasteiger charge is -2.20. The summed E-state index contributed by atoms with van der Waals surface area (Å²) in [7, 11) is 0. The summed E-state index contributed by atoms with van der Waals surface area (Å²) < 4.78 is 0. The first-order valence-corrected chi connectivity index (χ1v) is 5.30. The van der Waals surface area contributed by atoms with E-state index in [9.17, 15) is 4.79 Å². The summed E-state index contributed by atoms with van der Waals surface area (Å²) in [6.07, 6.45) is 2.81. The number of allylic oxidation sites excluding steroid dienone is 2. The molecule has 0 spiro atoms. The largest absolute Gasteiger partial charge is 0.477 e. The van der Waals surface area contributed by atoms with Crippen molar-refractivity contribution in [2.75, 3.05) is 0 Å². The highest BCUT2D eigenvalue weighted by Gasteiger charge is 2.19. The highest BCUT2D eigenvalue weighted by Crippen LogP contribution is 2.23. The number of dihydropyridines is 1. The van der Waals surface area contributed by atoms with Crippen molar-refractivity contribution in [2.45, 2.75) is 6.17 Å². The Morgan fingerprint density at radius 2 is 2.28 bits per heavy atom. The lowest BCUT2D eigenvalue weighted by Crippen LogP contribution is -2.39. The number of nitrogens with one attached hydrogen (secondary N) is 1. The fraction of sp³-hybridized carbons (Fsp3) is 0.0769. The number of carboxylic acids is 1. The smallest absolute Gasteiger partial charge is 0.352 e. The van der Waals surface area contributed by atoms with Crippen molar-refractivity contribution in [3.63, 3.8) is 0 Å². The third kappa shape index (κ3) is 2.24. The Hall–Kier alpha value is -2.58. The number of aliphatic carboxylic acids is 1. The normalized spacial score (nSPS) is 18.1. The topological polar surface area (TPSA) is 99.1 Å². The van der Waals surface area contributed by atoms with Gasteiger partial charge in [-0.2, -0.15) is 5.26 Å². The first-order chi connectivity index (χ1) is 8.61. The molecule has 0 saturated carbocycles. The molecule has 1 aromatic rings. The molecule has 5 heteroatoms. The van der Waals surface area contributed by atoms with Crippen LogP contribution in [0.4, 0.5) is 0 Å². The predicted octanol–water partition coefficient (Wildman–Crippen LogP) is 0.798. The van der Waals surface area contributed by atoms with Crippen LogP contribution in [0.3, 0.4) is 0 Å². The van der Waals surface area contributed by atoms with Crippen molar-refractivity contribution < 1.29 is 9.90 Å². The number of nitriles is 1. The van der Waals surface area contributed by atoms with Crippen LogP contribution in [-0.2, 0) is 4.79 Å². The van der Waals surface area contributed by atoms with Crippen molar-refractivity contribution in [1.29, 1.82) is 5.26 Å². The number of rotatable bonds is 2. The SMILES string of the molecule is N#Cc1cccc(C2=C(C(=O)O)NC(N)C=C2)c1. The molecule has 0 aromatic heterocycles. The van der Waals surface area contributed by atoms with Gasteiger partial charge in [-0.05, 0) is 23.8 Å². The fourth-order valence-corrected chi connectivity index (χ4v) is 1.75. The van der Waals surface area contributed by atoms with Gasteiger partial charge in [-0.1, -0.05) is 18.2 Å². The number of nitrogens with two attached hydrogens (primary N) is 1. The maximum Gasteiger partial charge on any atom is 0.352 e.